The quantitative estimate of drug-likeness (QED) is 0.354. The predicted octanol–water partition coefficient (Wildman–Crippen LogP) is 4.57. The minimum Gasteiger partial charge on any atom is -0.463 e. The van der Waals surface area contributed by atoms with Gasteiger partial charge in [0, 0.05) is 5.57 Å². The predicted molar refractivity (Wildman–Crippen MR) is 91.0 cm³/mol. The van der Waals surface area contributed by atoms with E-state index < -0.39 is 0 Å². The molecular formula is C19H32O4. The first-order chi connectivity index (χ1) is 11.2. The van der Waals surface area contributed by atoms with Crippen LogP contribution in [0.4, 0.5) is 0 Å². The van der Waals surface area contributed by atoms with E-state index in [0.29, 0.717) is 30.8 Å². The number of hydrogen-bond donors (Lipinski definition) is 0. The lowest BCUT2D eigenvalue weighted by Crippen LogP contribution is -2.24. The van der Waals surface area contributed by atoms with E-state index in [-0.39, 0.29) is 17.9 Å². The van der Waals surface area contributed by atoms with Crippen LogP contribution in [0.15, 0.2) is 11.1 Å². The van der Waals surface area contributed by atoms with Crippen molar-refractivity contribution in [3.8, 4) is 0 Å². The second-order valence-corrected chi connectivity index (χ2v) is 6.13. The molecular weight excluding hydrogens is 292 g/mol. The lowest BCUT2D eigenvalue weighted by atomic mass is 9.80. The van der Waals surface area contributed by atoms with Crippen LogP contribution in [-0.4, -0.2) is 25.2 Å². The smallest absolute Gasteiger partial charge is 0.334 e. The molecule has 1 fully saturated rings. The average molecular weight is 324 g/mol. The molecule has 132 valence electrons. The summed E-state index contributed by atoms with van der Waals surface area (Å²) in [5, 5.41) is 0. The third-order valence-corrected chi connectivity index (χ3v) is 4.39. The van der Waals surface area contributed by atoms with Gasteiger partial charge < -0.3 is 9.47 Å². The molecule has 0 aromatic carbocycles. The van der Waals surface area contributed by atoms with Crippen molar-refractivity contribution in [1.82, 2.24) is 0 Å². The molecule has 0 spiro atoms. The van der Waals surface area contributed by atoms with Crippen LogP contribution in [0.3, 0.4) is 0 Å². The Hall–Kier alpha value is -1.32. The van der Waals surface area contributed by atoms with Crippen molar-refractivity contribution < 1.29 is 19.1 Å². The first-order valence-corrected chi connectivity index (χ1v) is 9.22. The third-order valence-electron chi connectivity index (χ3n) is 4.39. The highest BCUT2D eigenvalue weighted by Gasteiger charge is 2.30. The summed E-state index contributed by atoms with van der Waals surface area (Å²) in [6.45, 7) is 6.39. The fourth-order valence-electron chi connectivity index (χ4n) is 3.25. The standard InChI is InChI=1S/C19H32O4/c1-4-7-9-14-16(18(20)22-5-2)17(19(21)23-6-3)15-12-10-8-11-13-15/h15H,4-14H2,1-3H3. The largest absolute Gasteiger partial charge is 0.463 e. The van der Waals surface area contributed by atoms with Gasteiger partial charge in [-0.25, -0.2) is 9.59 Å². The fraction of sp³-hybridized carbons (Fsp3) is 0.789. The zero-order valence-electron chi connectivity index (χ0n) is 15.0. The van der Waals surface area contributed by atoms with Gasteiger partial charge in [0.05, 0.1) is 18.8 Å². The SMILES string of the molecule is CCCCCC(C(=O)OCC)=C(C(=O)OCC)C1CCCCC1. The molecule has 0 atom stereocenters. The number of rotatable bonds is 9. The van der Waals surface area contributed by atoms with Crippen molar-refractivity contribution >= 4 is 11.9 Å². The van der Waals surface area contributed by atoms with E-state index in [2.05, 4.69) is 6.92 Å². The summed E-state index contributed by atoms with van der Waals surface area (Å²) < 4.78 is 10.5. The van der Waals surface area contributed by atoms with E-state index in [1.54, 1.807) is 13.8 Å². The molecule has 4 heteroatoms. The van der Waals surface area contributed by atoms with Crippen LogP contribution in [0.5, 0.6) is 0 Å². The molecule has 0 aliphatic heterocycles. The van der Waals surface area contributed by atoms with Gasteiger partial charge in [-0.2, -0.15) is 0 Å². The van der Waals surface area contributed by atoms with Crippen molar-refractivity contribution in [2.45, 2.75) is 78.6 Å². The first kappa shape index (κ1) is 19.7. The van der Waals surface area contributed by atoms with E-state index >= 15 is 0 Å². The Morgan fingerprint density at radius 2 is 1.48 bits per heavy atom. The monoisotopic (exact) mass is 324 g/mol. The van der Waals surface area contributed by atoms with E-state index in [1.807, 2.05) is 0 Å². The number of carbonyl (C=O) groups excluding carboxylic acids is 2. The molecule has 1 saturated carbocycles. The zero-order chi connectivity index (χ0) is 17.1. The van der Waals surface area contributed by atoms with E-state index in [9.17, 15) is 9.59 Å². The van der Waals surface area contributed by atoms with Gasteiger partial charge in [0.2, 0.25) is 0 Å². The average Bonchev–Trinajstić information content (AvgIpc) is 2.55. The number of carbonyl (C=O) groups is 2. The highest BCUT2D eigenvalue weighted by atomic mass is 16.5. The van der Waals surface area contributed by atoms with Gasteiger partial charge in [0.15, 0.2) is 0 Å². The Morgan fingerprint density at radius 3 is 2.04 bits per heavy atom. The molecule has 0 unspecified atom stereocenters. The summed E-state index contributed by atoms with van der Waals surface area (Å²) in [6.07, 6.45) is 8.99. The van der Waals surface area contributed by atoms with Gasteiger partial charge in [0.1, 0.15) is 0 Å². The Bertz CT molecular complexity index is 406. The third kappa shape index (κ3) is 6.36. The number of ether oxygens (including phenoxy) is 2. The molecule has 0 aromatic rings. The number of hydrogen-bond acceptors (Lipinski definition) is 4. The molecule has 0 amide bonds. The molecule has 1 rings (SSSR count). The lowest BCUT2D eigenvalue weighted by molar-refractivity contribution is -0.142. The fourth-order valence-corrected chi connectivity index (χ4v) is 3.25. The van der Waals surface area contributed by atoms with E-state index in [1.165, 1.54) is 6.42 Å². The van der Waals surface area contributed by atoms with Gasteiger partial charge >= 0.3 is 11.9 Å². The molecule has 0 aromatic heterocycles. The van der Waals surface area contributed by atoms with Gasteiger partial charge in [0.25, 0.3) is 0 Å². The lowest BCUT2D eigenvalue weighted by Gasteiger charge is -2.25. The zero-order valence-corrected chi connectivity index (χ0v) is 15.0. The minimum atomic E-state index is -0.336. The number of esters is 2. The molecule has 0 saturated heterocycles. The van der Waals surface area contributed by atoms with E-state index in [4.69, 9.17) is 9.47 Å². The number of unbranched alkanes of at least 4 members (excludes halogenated alkanes) is 2. The maximum Gasteiger partial charge on any atom is 0.334 e. The molecule has 0 bridgehead atoms. The Labute approximate surface area is 140 Å². The van der Waals surface area contributed by atoms with Crippen molar-refractivity contribution in [2.75, 3.05) is 13.2 Å². The minimum absolute atomic E-state index is 0.142. The Morgan fingerprint density at radius 1 is 0.870 bits per heavy atom. The van der Waals surface area contributed by atoms with Crippen LogP contribution in [0.1, 0.15) is 78.6 Å². The molecule has 1 aliphatic carbocycles. The van der Waals surface area contributed by atoms with Crippen molar-refractivity contribution in [1.29, 1.82) is 0 Å². The summed E-state index contributed by atoms with van der Waals surface area (Å²) in [4.78, 5) is 25.0. The van der Waals surface area contributed by atoms with Gasteiger partial charge in [-0.05, 0) is 45.4 Å². The van der Waals surface area contributed by atoms with Gasteiger partial charge in [-0.15, -0.1) is 0 Å². The van der Waals surface area contributed by atoms with Crippen molar-refractivity contribution in [2.24, 2.45) is 5.92 Å². The van der Waals surface area contributed by atoms with Crippen LogP contribution >= 0.6 is 0 Å². The molecule has 0 heterocycles. The molecule has 4 nitrogen and oxygen atoms in total. The summed E-state index contributed by atoms with van der Waals surface area (Å²) in [7, 11) is 0. The van der Waals surface area contributed by atoms with Gasteiger partial charge in [-0.1, -0.05) is 39.0 Å². The Kier molecular flexibility index (Phi) is 9.65. The molecule has 0 N–H and O–H groups in total. The summed E-state index contributed by atoms with van der Waals surface area (Å²) >= 11 is 0. The summed E-state index contributed by atoms with van der Waals surface area (Å²) in [5.41, 5.74) is 1.16. The second kappa shape index (κ2) is 11.3. The maximum atomic E-state index is 12.5. The van der Waals surface area contributed by atoms with Crippen molar-refractivity contribution in [3.05, 3.63) is 11.1 Å². The van der Waals surface area contributed by atoms with E-state index in [0.717, 1.165) is 44.9 Å². The first-order valence-electron chi connectivity index (χ1n) is 9.22. The van der Waals surface area contributed by atoms with Crippen LogP contribution in [-0.2, 0) is 19.1 Å². The summed E-state index contributed by atoms with van der Waals surface area (Å²) in [6, 6.07) is 0. The summed E-state index contributed by atoms with van der Waals surface area (Å²) in [5.74, 6) is -0.514. The topological polar surface area (TPSA) is 52.6 Å². The second-order valence-electron chi connectivity index (χ2n) is 6.13. The maximum absolute atomic E-state index is 12.5. The highest BCUT2D eigenvalue weighted by molar-refractivity contribution is 6.00. The van der Waals surface area contributed by atoms with Crippen LogP contribution < -0.4 is 0 Å². The van der Waals surface area contributed by atoms with Gasteiger partial charge in [-0.3, -0.25) is 0 Å². The van der Waals surface area contributed by atoms with Crippen molar-refractivity contribution in [3.63, 3.8) is 0 Å². The van der Waals surface area contributed by atoms with Crippen LogP contribution in [0.25, 0.3) is 0 Å². The molecule has 1 aliphatic rings. The van der Waals surface area contributed by atoms with Crippen LogP contribution in [0.2, 0.25) is 0 Å². The molecule has 23 heavy (non-hydrogen) atoms. The Balaban J connectivity index is 3.12. The van der Waals surface area contributed by atoms with Crippen LogP contribution in [0, 0.1) is 5.92 Å². The normalized spacial score (nSPS) is 16.7. The molecule has 0 radical (unpaired) electrons. The highest BCUT2D eigenvalue weighted by Crippen LogP contribution is 2.34.